The molecule has 1 aliphatic rings. The van der Waals surface area contributed by atoms with E-state index in [1.807, 2.05) is 39.0 Å². The SMILES string of the molecule is CCOc1ccc([C@@H](C)NC(=O)CS[C@@H]2CCS(=O)(=O)C2)cc1OCC. The predicted molar refractivity (Wildman–Crippen MR) is 105 cm³/mol. The topological polar surface area (TPSA) is 81.7 Å². The second-order valence-electron chi connectivity index (χ2n) is 6.20. The van der Waals surface area contributed by atoms with Crippen LogP contribution in [0.25, 0.3) is 0 Å². The van der Waals surface area contributed by atoms with Gasteiger partial charge in [0.15, 0.2) is 21.3 Å². The Bertz CT molecular complexity index is 720. The summed E-state index contributed by atoms with van der Waals surface area (Å²) in [5.74, 6) is 1.93. The van der Waals surface area contributed by atoms with Gasteiger partial charge in [0.25, 0.3) is 0 Å². The summed E-state index contributed by atoms with van der Waals surface area (Å²) in [5, 5.41) is 2.98. The second-order valence-corrected chi connectivity index (χ2v) is 9.71. The first kappa shape index (κ1) is 20.9. The molecule has 0 saturated carbocycles. The van der Waals surface area contributed by atoms with E-state index in [0.717, 1.165) is 5.56 Å². The van der Waals surface area contributed by atoms with Gasteiger partial charge in [0.05, 0.1) is 36.5 Å². The fraction of sp³-hybridized carbons (Fsp3) is 0.611. The molecule has 0 unspecified atom stereocenters. The minimum atomic E-state index is -2.91. The Morgan fingerprint density at radius 3 is 2.58 bits per heavy atom. The average Bonchev–Trinajstić information content (AvgIpc) is 2.94. The molecule has 1 heterocycles. The largest absolute Gasteiger partial charge is 0.490 e. The van der Waals surface area contributed by atoms with Gasteiger partial charge in [-0.3, -0.25) is 4.79 Å². The molecule has 1 saturated heterocycles. The van der Waals surface area contributed by atoms with E-state index < -0.39 is 9.84 Å². The van der Waals surface area contributed by atoms with Crippen molar-refractivity contribution in [2.45, 2.75) is 38.5 Å². The van der Waals surface area contributed by atoms with E-state index in [4.69, 9.17) is 9.47 Å². The number of carbonyl (C=O) groups is 1. The molecular weight excluding hydrogens is 374 g/mol. The zero-order valence-corrected chi connectivity index (χ0v) is 17.1. The Morgan fingerprint density at radius 2 is 1.96 bits per heavy atom. The van der Waals surface area contributed by atoms with Gasteiger partial charge in [0, 0.05) is 5.25 Å². The van der Waals surface area contributed by atoms with Gasteiger partial charge < -0.3 is 14.8 Å². The lowest BCUT2D eigenvalue weighted by molar-refractivity contribution is -0.119. The molecular formula is C18H27NO5S2. The molecule has 0 radical (unpaired) electrons. The van der Waals surface area contributed by atoms with Crippen LogP contribution >= 0.6 is 11.8 Å². The van der Waals surface area contributed by atoms with Gasteiger partial charge in [0.1, 0.15) is 0 Å². The van der Waals surface area contributed by atoms with Crippen molar-refractivity contribution in [2.24, 2.45) is 0 Å². The molecule has 0 aromatic heterocycles. The van der Waals surface area contributed by atoms with Crippen LogP contribution in [0.4, 0.5) is 0 Å². The molecule has 26 heavy (non-hydrogen) atoms. The smallest absolute Gasteiger partial charge is 0.230 e. The highest BCUT2D eigenvalue weighted by molar-refractivity contribution is 8.02. The lowest BCUT2D eigenvalue weighted by Gasteiger charge is -2.18. The molecule has 2 atom stereocenters. The Labute approximate surface area is 159 Å². The lowest BCUT2D eigenvalue weighted by Crippen LogP contribution is -2.29. The van der Waals surface area contributed by atoms with Crippen LogP contribution in [0.2, 0.25) is 0 Å². The third-order valence-electron chi connectivity index (χ3n) is 4.09. The lowest BCUT2D eigenvalue weighted by atomic mass is 10.1. The van der Waals surface area contributed by atoms with Crippen molar-refractivity contribution in [1.29, 1.82) is 0 Å². The van der Waals surface area contributed by atoms with E-state index in [1.165, 1.54) is 11.8 Å². The van der Waals surface area contributed by atoms with E-state index >= 15 is 0 Å². The molecule has 1 aromatic carbocycles. The van der Waals surface area contributed by atoms with E-state index in [1.54, 1.807) is 0 Å². The number of benzene rings is 1. The van der Waals surface area contributed by atoms with Crippen molar-refractivity contribution in [3.8, 4) is 11.5 Å². The van der Waals surface area contributed by atoms with Gasteiger partial charge >= 0.3 is 0 Å². The fourth-order valence-corrected chi connectivity index (χ4v) is 6.24. The van der Waals surface area contributed by atoms with Crippen LogP contribution in [0.5, 0.6) is 11.5 Å². The van der Waals surface area contributed by atoms with Crippen molar-refractivity contribution in [3.05, 3.63) is 23.8 Å². The number of hydrogen-bond donors (Lipinski definition) is 1. The van der Waals surface area contributed by atoms with Crippen LogP contribution in [0.3, 0.4) is 0 Å². The van der Waals surface area contributed by atoms with Crippen LogP contribution in [0, 0.1) is 0 Å². The average molecular weight is 402 g/mol. The summed E-state index contributed by atoms with van der Waals surface area (Å²) in [7, 11) is -2.91. The monoisotopic (exact) mass is 401 g/mol. The van der Waals surface area contributed by atoms with Crippen LogP contribution in [0.1, 0.15) is 38.8 Å². The summed E-state index contributed by atoms with van der Waals surface area (Å²) in [6.45, 7) is 6.83. The van der Waals surface area contributed by atoms with Crippen molar-refractivity contribution in [3.63, 3.8) is 0 Å². The van der Waals surface area contributed by atoms with Gasteiger partial charge in [-0.25, -0.2) is 8.42 Å². The summed E-state index contributed by atoms with van der Waals surface area (Å²) in [4.78, 5) is 12.2. The van der Waals surface area contributed by atoms with E-state index in [9.17, 15) is 13.2 Å². The van der Waals surface area contributed by atoms with E-state index in [2.05, 4.69) is 5.32 Å². The normalized spacial score (nSPS) is 19.7. The highest BCUT2D eigenvalue weighted by Crippen LogP contribution is 2.31. The van der Waals surface area contributed by atoms with Crippen molar-refractivity contribution >= 4 is 27.5 Å². The Kier molecular flexibility index (Phi) is 7.64. The number of rotatable bonds is 9. The maximum atomic E-state index is 12.2. The van der Waals surface area contributed by atoms with Crippen molar-refractivity contribution < 1.29 is 22.7 Å². The second kappa shape index (κ2) is 9.50. The molecule has 1 aromatic rings. The van der Waals surface area contributed by atoms with Crippen LogP contribution in [-0.4, -0.2) is 50.0 Å². The van der Waals surface area contributed by atoms with Gasteiger partial charge in [-0.1, -0.05) is 6.07 Å². The van der Waals surface area contributed by atoms with Crippen molar-refractivity contribution in [2.75, 3.05) is 30.5 Å². The summed E-state index contributed by atoms with van der Waals surface area (Å²) < 4.78 is 34.1. The summed E-state index contributed by atoms with van der Waals surface area (Å²) in [6, 6.07) is 5.47. The first-order valence-electron chi connectivity index (χ1n) is 8.85. The summed E-state index contributed by atoms with van der Waals surface area (Å²) in [5.41, 5.74) is 0.929. The zero-order chi connectivity index (χ0) is 19.2. The molecule has 0 spiro atoms. The standard InChI is InChI=1S/C18H27NO5S2/c1-4-23-16-7-6-14(10-17(16)24-5-2)13(3)19-18(20)11-25-15-8-9-26(21,22)12-15/h6-7,10,13,15H,4-5,8-9,11-12H2,1-3H3,(H,19,20)/t13-,15-/m1/s1. The van der Waals surface area contributed by atoms with Crippen LogP contribution < -0.4 is 14.8 Å². The quantitative estimate of drug-likeness (QED) is 0.685. The number of carbonyl (C=O) groups excluding carboxylic acids is 1. The first-order chi connectivity index (χ1) is 12.3. The van der Waals surface area contributed by atoms with Gasteiger partial charge in [-0.2, -0.15) is 0 Å². The molecule has 2 rings (SSSR count). The van der Waals surface area contributed by atoms with Crippen LogP contribution in [-0.2, 0) is 14.6 Å². The Balaban J connectivity index is 1.90. The molecule has 1 aliphatic heterocycles. The highest BCUT2D eigenvalue weighted by atomic mass is 32.2. The van der Waals surface area contributed by atoms with Crippen LogP contribution in [0.15, 0.2) is 18.2 Å². The number of hydrogen-bond acceptors (Lipinski definition) is 6. The predicted octanol–water partition coefficient (Wildman–Crippen LogP) is 2.58. The van der Waals surface area contributed by atoms with E-state index in [-0.39, 0.29) is 34.5 Å². The summed E-state index contributed by atoms with van der Waals surface area (Å²) in [6.07, 6.45) is 0.631. The van der Waals surface area contributed by atoms with Gasteiger partial charge in [0.2, 0.25) is 5.91 Å². The molecule has 0 aliphatic carbocycles. The highest BCUT2D eigenvalue weighted by Gasteiger charge is 2.28. The molecule has 1 fully saturated rings. The Morgan fingerprint density at radius 1 is 1.27 bits per heavy atom. The minimum Gasteiger partial charge on any atom is -0.490 e. The van der Waals surface area contributed by atoms with E-state index in [0.29, 0.717) is 31.1 Å². The molecule has 8 heteroatoms. The fourth-order valence-electron chi connectivity index (χ4n) is 2.79. The van der Waals surface area contributed by atoms with Gasteiger partial charge in [-0.15, -0.1) is 11.8 Å². The number of sulfone groups is 1. The molecule has 1 amide bonds. The minimum absolute atomic E-state index is 0.0242. The first-order valence-corrected chi connectivity index (χ1v) is 11.7. The third-order valence-corrected chi connectivity index (χ3v) is 7.37. The number of nitrogens with one attached hydrogen (secondary N) is 1. The zero-order valence-electron chi connectivity index (χ0n) is 15.5. The maximum absolute atomic E-state index is 12.2. The summed E-state index contributed by atoms with van der Waals surface area (Å²) >= 11 is 1.42. The van der Waals surface area contributed by atoms with Crippen molar-refractivity contribution in [1.82, 2.24) is 5.32 Å². The van der Waals surface area contributed by atoms with Gasteiger partial charge in [-0.05, 0) is 44.9 Å². The molecule has 0 bridgehead atoms. The molecule has 146 valence electrons. The number of thioether (sulfide) groups is 1. The Hall–Kier alpha value is -1.41. The molecule has 1 N–H and O–H groups in total. The maximum Gasteiger partial charge on any atom is 0.230 e. The molecule has 6 nitrogen and oxygen atoms in total. The number of ether oxygens (including phenoxy) is 2. The number of amides is 1. The third kappa shape index (κ3) is 6.09.